The first-order valence-corrected chi connectivity index (χ1v) is 8.24. The number of hydrogen-bond acceptors (Lipinski definition) is 4. The van der Waals surface area contributed by atoms with Gasteiger partial charge in [-0.15, -0.1) is 0 Å². The van der Waals surface area contributed by atoms with E-state index in [9.17, 15) is 0 Å². The molecule has 4 heteroatoms. The van der Waals surface area contributed by atoms with Crippen LogP contribution in [-0.2, 0) is 6.42 Å². The van der Waals surface area contributed by atoms with Crippen molar-refractivity contribution in [3.8, 4) is 0 Å². The molecule has 120 valence electrons. The van der Waals surface area contributed by atoms with E-state index < -0.39 is 0 Å². The third-order valence-corrected chi connectivity index (χ3v) is 3.92. The van der Waals surface area contributed by atoms with Gasteiger partial charge in [0.15, 0.2) is 0 Å². The van der Waals surface area contributed by atoms with Crippen LogP contribution in [0.2, 0.25) is 0 Å². The van der Waals surface area contributed by atoms with Gasteiger partial charge in [0.1, 0.15) is 0 Å². The zero-order valence-corrected chi connectivity index (χ0v) is 13.2. The zero-order chi connectivity index (χ0) is 15.6. The topological polar surface area (TPSA) is 65.7 Å². The predicted octanol–water partition coefficient (Wildman–Crippen LogP) is 2.68. The molecule has 4 nitrogen and oxygen atoms in total. The number of aryl methyl sites for hydroxylation is 1. The number of aromatic nitrogens is 1. The highest BCUT2D eigenvalue weighted by Crippen LogP contribution is 2.18. The van der Waals surface area contributed by atoms with E-state index in [1.165, 1.54) is 11.1 Å². The Bertz CT molecular complexity index is 524. The first kappa shape index (κ1) is 16.8. The van der Waals surface area contributed by atoms with Crippen molar-refractivity contribution >= 4 is 5.71 Å². The third-order valence-electron chi connectivity index (χ3n) is 3.92. The summed E-state index contributed by atoms with van der Waals surface area (Å²) in [5.74, 6) is 0. The van der Waals surface area contributed by atoms with Crippen LogP contribution in [0.4, 0.5) is 0 Å². The van der Waals surface area contributed by atoms with Crippen molar-refractivity contribution in [1.82, 2.24) is 4.98 Å². The molecule has 0 saturated heterocycles. The van der Waals surface area contributed by atoms with Crippen LogP contribution in [0.25, 0.3) is 0 Å². The number of dihydropyridines is 1. The van der Waals surface area contributed by atoms with Crippen LogP contribution in [0.3, 0.4) is 0 Å². The minimum absolute atomic E-state index is 0.255. The van der Waals surface area contributed by atoms with Crippen molar-refractivity contribution in [2.75, 3.05) is 19.8 Å². The standard InChI is InChI=1S/C18H26N2O2/c21-11-3-1-5-15-7-9-19-17(13-15)18-14-16(8-10-20-18)6-2-4-12-22/h7,9,13-14,21-22H,1-6,8,10-12H2. The summed E-state index contributed by atoms with van der Waals surface area (Å²) in [4.78, 5) is 9.06. The molecule has 1 aliphatic rings. The van der Waals surface area contributed by atoms with Crippen molar-refractivity contribution in [2.24, 2.45) is 4.99 Å². The van der Waals surface area contributed by atoms with Gasteiger partial charge in [0.2, 0.25) is 0 Å². The Hall–Kier alpha value is -1.52. The minimum Gasteiger partial charge on any atom is -0.396 e. The molecule has 0 unspecified atom stereocenters. The number of aliphatic imine (C=N–C) groups is 1. The van der Waals surface area contributed by atoms with Gasteiger partial charge in [-0.3, -0.25) is 9.98 Å². The highest BCUT2D eigenvalue weighted by atomic mass is 16.3. The Kier molecular flexibility index (Phi) is 7.26. The smallest absolute Gasteiger partial charge is 0.0884 e. The molecule has 0 aromatic carbocycles. The van der Waals surface area contributed by atoms with Gasteiger partial charge in [0, 0.05) is 26.0 Å². The van der Waals surface area contributed by atoms with Crippen LogP contribution in [0.1, 0.15) is 49.8 Å². The summed E-state index contributed by atoms with van der Waals surface area (Å²) in [6, 6.07) is 4.15. The van der Waals surface area contributed by atoms with Crippen LogP contribution in [0.5, 0.6) is 0 Å². The molecule has 0 spiro atoms. The van der Waals surface area contributed by atoms with E-state index in [1.807, 2.05) is 12.3 Å². The molecule has 0 fully saturated rings. The summed E-state index contributed by atoms with van der Waals surface area (Å²) in [5, 5.41) is 17.7. The van der Waals surface area contributed by atoms with Gasteiger partial charge < -0.3 is 10.2 Å². The fourth-order valence-corrected chi connectivity index (χ4v) is 2.66. The fourth-order valence-electron chi connectivity index (χ4n) is 2.66. The molecule has 2 N–H and O–H groups in total. The lowest BCUT2D eigenvalue weighted by atomic mass is 9.99. The molecule has 1 aromatic heterocycles. The number of unbranched alkanes of at least 4 members (excludes halogenated alkanes) is 2. The van der Waals surface area contributed by atoms with Crippen LogP contribution >= 0.6 is 0 Å². The molecule has 0 saturated carbocycles. The fraction of sp³-hybridized carbons (Fsp3) is 0.556. The summed E-state index contributed by atoms with van der Waals surface area (Å²) in [7, 11) is 0. The summed E-state index contributed by atoms with van der Waals surface area (Å²) in [6.07, 6.45) is 10.8. The van der Waals surface area contributed by atoms with E-state index in [4.69, 9.17) is 10.2 Å². The molecular weight excluding hydrogens is 276 g/mol. The molecule has 22 heavy (non-hydrogen) atoms. The van der Waals surface area contributed by atoms with E-state index in [2.05, 4.69) is 22.1 Å². The van der Waals surface area contributed by atoms with E-state index in [1.54, 1.807) is 0 Å². The predicted molar refractivity (Wildman–Crippen MR) is 89.3 cm³/mol. The van der Waals surface area contributed by atoms with Gasteiger partial charge in [-0.1, -0.05) is 5.57 Å². The SMILES string of the molecule is OCCCCC1=CC(c2cc(CCCCO)ccn2)=NCC1. The maximum atomic E-state index is 8.88. The Balaban J connectivity index is 2.00. The Morgan fingerprint density at radius 2 is 1.77 bits per heavy atom. The number of hydrogen-bond donors (Lipinski definition) is 2. The van der Waals surface area contributed by atoms with Crippen LogP contribution in [0.15, 0.2) is 35.0 Å². The molecule has 0 radical (unpaired) electrons. The number of aliphatic hydroxyl groups excluding tert-OH is 2. The second kappa shape index (κ2) is 9.49. The van der Waals surface area contributed by atoms with E-state index >= 15 is 0 Å². The van der Waals surface area contributed by atoms with E-state index in [-0.39, 0.29) is 13.2 Å². The lowest BCUT2D eigenvalue weighted by Gasteiger charge is -2.13. The van der Waals surface area contributed by atoms with Crippen molar-refractivity contribution in [3.05, 3.63) is 41.2 Å². The molecule has 1 aromatic rings. The molecule has 1 aliphatic heterocycles. The Labute approximate surface area is 132 Å². The number of allylic oxidation sites excluding steroid dienone is 1. The van der Waals surface area contributed by atoms with Gasteiger partial charge in [-0.25, -0.2) is 0 Å². The average Bonchev–Trinajstić information content (AvgIpc) is 2.56. The molecule has 2 rings (SSSR count). The average molecular weight is 302 g/mol. The van der Waals surface area contributed by atoms with Gasteiger partial charge in [0.05, 0.1) is 11.4 Å². The lowest BCUT2D eigenvalue weighted by molar-refractivity contribution is 0.284. The molecule has 0 aliphatic carbocycles. The summed E-state index contributed by atoms with van der Waals surface area (Å²) in [5.41, 5.74) is 4.59. The number of nitrogens with zero attached hydrogens (tertiary/aromatic N) is 2. The van der Waals surface area contributed by atoms with Gasteiger partial charge >= 0.3 is 0 Å². The van der Waals surface area contributed by atoms with Gasteiger partial charge in [0.25, 0.3) is 0 Å². The van der Waals surface area contributed by atoms with Crippen molar-refractivity contribution in [2.45, 2.75) is 44.9 Å². The van der Waals surface area contributed by atoms with Crippen molar-refractivity contribution in [3.63, 3.8) is 0 Å². The highest BCUT2D eigenvalue weighted by Gasteiger charge is 2.10. The largest absolute Gasteiger partial charge is 0.396 e. The summed E-state index contributed by atoms with van der Waals surface area (Å²) < 4.78 is 0. The van der Waals surface area contributed by atoms with Gasteiger partial charge in [-0.05, 0) is 68.7 Å². The third kappa shape index (κ3) is 5.35. The number of pyridine rings is 1. The number of aliphatic hydroxyl groups is 2. The zero-order valence-electron chi connectivity index (χ0n) is 13.2. The van der Waals surface area contributed by atoms with Crippen molar-refractivity contribution in [1.29, 1.82) is 0 Å². The number of rotatable bonds is 9. The van der Waals surface area contributed by atoms with Crippen molar-refractivity contribution < 1.29 is 10.2 Å². The van der Waals surface area contributed by atoms with E-state index in [0.717, 1.165) is 62.9 Å². The van der Waals surface area contributed by atoms with Crippen LogP contribution < -0.4 is 0 Å². The highest BCUT2D eigenvalue weighted by molar-refractivity contribution is 6.08. The van der Waals surface area contributed by atoms with Crippen LogP contribution in [0, 0.1) is 0 Å². The second-order valence-corrected chi connectivity index (χ2v) is 5.73. The first-order valence-electron chi connectivity index (χ1n) is 8.24. The normalized spacial score (nSPS) is 14.6. The molecule has 0 amide bonds. The maximum absolute atomic E-state index is 8.88. The molecule has 2 heterocycles. The first-order chi connectivity index (χ1) is 10.8. The molecule has 0 atom stereocenters. The minimum atomic E-state index is 0.255. The molecular formula is C18H26N2O2. The van der Waals surface area contributed by atoms with E-state index in [0.29, 0.717) is 0 Å². The Morgan fingerprint density at radius 3 is 2.55 bits per heavy atom. The summed E-state index contributed by atoms with van der Waals surface area (Å²) in [6.45, 7) is 1.35. The quantitative estimate of drug-likeness (QED) is 0.689. The monoisotopic (exact) mass is 302 g/mol. The van der Waals surface area contributed by atoms with Crippen LogP contribution in [-0.4, -0.2) is 40.7 Å². The molecule has 0 bridgehead atoms. The second-order valence-electron chi connectivity index (χ2n) is 5.73. The van der Waals surface area contributed by atoms with Gasteiger partial charge in [-0.2, -0.15) is 0 Å². The maximum Gasteiger partial charge on any atom is 0.0884 e. The lowest BCUT2D eigenvalue weighted by Crippen LogP contribution is -2.09. The summed E-state index contributed by atoms with van der Waals surface area (Å²) >= 11 is 0. The Morgan fingerprint density at radius 1 is 1.00 bits per heavy atom.